The van der Waals surface area contributed by atoms with Crippen LogP contribution in [0.1, 0.15) is 30.4 Å². The third-order valence-corrected chi connectivity index (χ3v) is 5.37. The molecule has 1 aromatic carbocycles. The first-order valence-electron chi connectivity index (χ1n) is 11.5. The molecular formula is C31H34N2S. The second-order valence-electron chi connectivity index (χ2n) is 7.95. The molecule has 0 radical (unpaired) electrons. The van der Waals surface area contributed by atoms with Gasteiger partial charge in [0.15, 0.2) is 0 Å². The molecule has 0 aromatic heterocycles. The summed E-state index contributed by atoms with van der Waals surface area (Å²) < 4.78 is 0. The average molecular weight is 467 g/mol. The summed E-state index contributed by atoms with van der Waals surface area (Å²) in [7, 11) is 0. The summed E-state index contributed by atoms with van der Waals surface area (Å²) in [6.45, 7) is 14.6. The second-order valence-corrected chi connectivity index (χ2v) is 8.44. The second kappa shape index (κ2) is 15.3. The summed E-state index contributed by atoms with van der Waals surface area (Å²) in [5, 5.41) is 6.74. The molecule has 0 bridgehead atoms. The van der Waals surface area contributed by atoms with Gasteiger partial charge in [0.1, 0.15) is 0 Å². The maximum absolute atomic E-state index is 5.53. The lowest BCUT2D eigenvalue weighted by molar-refractivity contribution is 0.718. The van der Waals surface area contributed by atoms with Crippen molar-refractivity contribution in [3.05, 3.63) is 144 Å². The molecule has 0 atom stereocenters. The Labute approximate surface area is 210 Å². The van der Waals surface area contributed by atoms with Crippen molar-refractivity contribution in [3.63, 3.8) is 0 Å². The number of thiocarbonyl (C=S) groups is 1. The summed E-state index contributed by atoms with van der Waals surface area (Å²) in [5.41, 5.74) is 12.9. The zero-order valence-electron chi connectivity index (χ0n) is 20.1. The summed E-state index contributed by atoms with van der Waals surface area (Å²) in [5.74, 6) is 0. The molecule has 0 unspecified atom stereocenters. The van der Waals surface area contributed by atoms with Crippen molar-refractivity contribution < 1.29 is 0 Å². The molecule has 1 aliphatic carbocycles. The number of nitrogens with one attached hydrogen (secondary N) is 2. The van der Waals surface area contributed by atoms with Gasteiger partial charge in [-0.25, -0.2) is 0 Å². The molecule has 0 fully saturated rings. The van der Waals surface area contributed by atoms with Gasteiger partial charge in [-0.05, 0) is 80.2 Å². The first-order chi connectivity index (χ1) is 16.5. The maximum Gasteiger partial charge on any atom is 0.0797 e. The third-order valence-electron chi connectivity index (χ3n) is 5.07. The smallest absolute Gasteiger partial charge is 0.0797 e. The number of aryl methyl sites for hydroxylation is 1. The Bertz CT molecular complexity index is 1110. The van der Waals surface area contributed by atoms with E-state index in [1.807, 2.05) is 42.5 Å². The highest BCUT2D eigenvalue weighted by molar-refractivity contribution is 7.80. The van der Waals surface area contributed by atoms with E-state index < -0.39 is 0 Å². The van der Waals surface area contributed by atoms with Gasteiger partial charge in [-0.2, -0.15) is 0 Å². The number of hydrogen-bond donors (Lipinski definition) is 2. The van der Waals surface area contributed by atoms with Gasteiger partial charge >= 0.3 is 0 Å². The van der Waals surface area contributed by atoms with Crippen LogP contribution in [-0.4, -0.2) is 11.5 Å². The Hall–Kier alpha value is -3.61. The minimum Gasteiger partial charge on any atom is -0.388 e. The average Bonchev–Trinajstić information content (AvgIpc) is 3.04. The Morgan fingerprint density at radius 1 is 1.15 bits per heavy atom. The Morgan fingerprint density at radius 3 is 2.68 bits per heavy atom. The molecule has 174 valence electrons. The van der Waals surface area contributed by atoms with E-state index in [4.69, 9.17) is 12.2 Å². The molecule has 0 amide bonds. The van der Waals surface area contributed by atoms with Crippen molar-refractivity contribution in [2.75, 3.05) is 6.54 Å². The predicted octanol–water partition coefficient (Wildman–Crippen LogP) is 7.27. The Balaban J connectivity index is 1.69. The topological polar surface area (TPSA) is 24.1 Å². The van der Waals surface area contributed by atoms with E-state index >= 15 is 0 Å². The van der Waals surface area contributed by atoms with Gasteiger partial charge < -0.3 is 10.6 Å². The van der Waals surface area contributed by atoms with Gasteiger partial charge in [0, 0.05) is 23.5 Å². The van der Waals surface area contributed by atoms with E-state index in [0.29, 0.717) is 0 Å². The van der Waals surface area contributed by atoms with E-state index in [1.54, 1.807) is 12.2 Å². The van der Waals surface area contributed by atoms with Crippen LogP contribution in [0.4, 0.5) is 0 Å². The van der Waals surface area contributed by atoms with Crippen LogP contribution in [-0.2, 0) is 6.42 Å². The minimum atomic E-state index is 0.811. The van der Waals surface area contributed by atoms with Gasteiger partial charge in [0.2, 0.25) is 0 Å². The van der Waals surface area contributed by atoms with Crippen molar-refractivity contribution in [1.29, 1.82) is 0 Å². The summed E-state index contributed by atoms with van der Waals surface area (Å²) in [6.07, 6.45) is 20.6. The zero-order chi connectivity index (χ0) is 24.6. The molecule has 2 rings (SSSR count). The van der Waals surface area contributed by atoms with Gasteiger partial charge in [-0.3, -0.25) is 0 Å². The summed E-state index contributed by atoms with van der Waals surface area (Å²) >= 11 is 5.53. The molecule has 0 heterocycles. The van der Waals surface area contributed by atoms with Crippen LogP contribution < -0.4 is 10.6 Å². The molecule has 0 spiro atoms. The normalized spacial score (nSPS) is 12.4. The number of rotatable bonds is 13. The summed E-state index contributed by atoms with van der Waals surface area (Å²) in [4.78, 5) is 0.820. The molecular weight excluding hydrogens is 432 g/mol. The van der Waals surface area contributed by atoms with Crippen molar-refractivity contribution in [2.45, 2.75) is 32.6 Å². The van der Waals surface area contributed by atoms with Gasteiger partial charge in [-0.15, -0.1) is 11.5 Å². The van der Waals surface area contributed by atoms with Crippen molar-refractivity contribution >= 4 is 17.2 Å². The lowest BCUT2D eigenvalue weighted by Gasteiger charge is -2.11. The van der Waals surface area contributed by atoms with Crippen LogP contribution in [0.3, 0.4) is 0 Å². The van der Waals surface area contributed by atoms with E-state index in [9.17, 15) is 0 Å². The monoisotopic (exact) mass is 466 g/mol. The Kier molecular flexibility index (Phi) is 12.0. The fourth-order valence-electron chi connectivity index (χ4n) is 3.14. The van der Waals surface area contributed by atoms with Crippen LogP contribution >= 0.6 is 12.2 Å². The minimum absolute atomic E-state index is 0.811. The number of allylic oxidation sites excluding steroid dienone is 10. The molecule has 0 saturated heterocycles. The van der Waals surface area contributed by atoms with E-state index in [0.717, 1.165) is 59.8 Å². The highest BCUT2D eigenvalue weighted by Gasteiger charge is 2.02. The zero-order valence-corrected chi connectivity index (χ0v) is 20.9. The lowest BCUT2D eigenvalue weighted by atomic mass is 10.1. The third kappa shape index (κ3) is 10.8. The van der Waals surface area contributed by atoms with Gasteiger partial charge in [0.25, 0.3) is 0 Å². The standard InChI is InChI=1S/C31H34N2S/c1-5-10-27(6-2)12-8-13-28-14-9-15-30(22-21-28)33-31(34)16-7-11-26(4)32-24-23-29-19-17-25(3)18-20-29/h5-6,9-10,12-13,15,17-22,32H,1-2,4,7,11,16,23-24H2,3H3,(H,33,34)/b27-10+. The van der Waals surface area contributed by atoms with Crippen molar-refractivity contribution in [1.82, 2.24) is 10.6 Å². The predicted molar refractivity (Wildman–Crippen MR) is 152 cm³/mol. The maximum atomic E-state index is 5.53. The van der Waals surface area contributed by atoms with Crippen molar-refractivity contribution in [3.8, 4) is 0 Å². The van der Waals surface area contributed by atoms with E-state index in [-0.39, 0.29) is 0 Å². The first-order valence-corrected chi connectivity index (χ1v) is 11.9. The number of benzene rings is 1. The molecule has 2 nitrogen and oxygen atoms in total. The first kappa shape index (κ1) is 26.6. The molecule has 3 heteroatoms. The highest BCUT2D eigenvalue weighted by atomic mass is 32.1. The molecule has 0 aliphatic heterocycles. The van der Waals surface area contributed by atoms with Crippen LogP contribution in [0.25, 0.3) is 0 Å². The SMILES string of the molecule is C=C/C=C(\C=C)C=C=CC1=C=CC=C(NC(=S)CCCC(=C)NCCc2ccc(C)cc2)C=C1. The molecule has 0 saturated carbocycles. The van der Waals surface area contributed by atoms with Crippen LogP contribution in [0.5, 0.6) is 0 Å². The molecule has 2 N–H and O–H groups in total. The van der Waals surface area contributed by atoms with E-state index in [1.165, 1.54) is 11.1 Å². The molecule has 34 heavy (non-hydrogen) atoms. The fourth-order valence-corrected chi connectivity index (χ4v) is 3.40. The fraction of sp³-hybridized carbons (Fsp3) is 0.194. The van der Waals surface area contributed by atoms with Gasteiger partial charge in [0.05, 0.1) is 4.99 Å². The van der Waals surface area contributed by atoms with Crippen LogP contribution in [0, 0.1) is 6.92 Å². The highest BCUT2D eigenvalue weighted by Crippen LogP contribution is 2.09. The van der Waals surface area contributed by atoms with Crippen LogP contribution in [0.2, 0.25) is 0 Å². The lowest BCUT2D eigenvalue weighted by Crippen LogP contribution is -2.20. The largest absolute Gasteiger partial charge is 0.388 e. The van der Waals surface area contributed by atoms with Crippen molar-refractivity contribution in [2.24, 2.45) is 0 Å². The summed E-state index contributed by atoms with van der Waals surface area (Å²) in [6, 6.07) is 8.67. The quantitative estimate of drug-likeness (QED) is 0.182. The van der Waals surface area contributed by atoms with Crippen LogP contribution in [0.15, 0.2) is 133 Å². The molecule has 1 aliphatic rings. The van der Waals surface area contributed by atoms with E-state index in [2.05, 4.69) is 73.0 Å². The van der Waals surface area contributed by atoms with Gasteiger partial charge in [-0.1, -0.05) is 80.0 Å². The Morgan fingerprint density at radius 2 is 1.94 bits per heavy atom. The number of hydrogen-bond acceptors (Lipinski definition) is 2. The molecule has 1 aromatic rings.